The number of rotatable bonds is 2. The van der Waals surface area contributed by atoms with Gasteiger partial charge in [-0.2, -0.15) is 0 Å². The van der Waals surface area contributed by atoms with Crippen LogP contribution in [0.3, 0.4) is 0 Å². The first-order valence-electron chi connectivity index (χ1n) is 15.1. The van der Waals surface area contributed by atoms with E-state index >= 15 is 0 Å². The van der Waals surface area contributed by atoms with E-state index in [1.165, 1.54) is 0 Å². The molecule has 0 spiro atoms. The first-order chi connectivity index (χ1) is 20.0. The van der Waals surface area contributed by atoms with E-state index in [4.69, 9.17) is 13.0 Å². The fraction of sp³-hybridized carbons (Fsp3) is 0.0909. The molecule has 0 N–H and O–H groups in total. The molecule has 0 fully saturated rings. The molecule has 0 bridgehead atoms. The Morgan fingerprint density at radius 3 is 2.31 bits per heavy atom. The first-order valence-corrected chi connectivity index (χ1v) is 11.6. The second-order valence-corrected chi connectivity index (χ2v) is 9.31. The van der Waals surface area contributed by atoms with E-state index in [1.54, 1.807) is 13.8 Å². The van der Waals surface area contributed by atoms with Gasteiger partial charge in [-0.1, -0.05) is 86.5 Å². The van der Waals surface area contributed by atoms with Crippen molar-refractivity contribution in [2.24, 2.45) is 0 Å². The van der Waals surface area contributed by atoms with Gasteiger partial charge in [0, 0.05) is 33.0 Å². The predicted octanol–water partition coefficient (Wildman–Crippen LogP) is 8.88. The summed E-state index contributed by atoms with van der Waals surface area (Å²) in [5.74, 6) is -0.0805. The summed E-state index contributed by atoms with van der Waals surface area (Å²) in [4.78, 5) is 0. The number of ether oxygens (including phenoxy) is 1. The third kappa shape index (κ3) is 2.96. The Morgan fingerprint density at radius 2 is 1.43 bits per heavy atom. The minimum atomic E-state index is -1.10. The summed E-state index contributed by atoms with van der Waals surface area (Å²) in [7, 11) is 0. The van der Waals surface area contributed by atoms with Crippen molar-refractivity contribution in [2.45, 2.75) is 19.3 Å². The fourth-order valence-corrected chi connectivity index (χ4v) is 5.08. The molecule has 0 aliphatic carbocycles. The van der Waals surface area contributed by atoms with E-state index < -0.39 is 11.5 Å². The zero-order valence-electron chi connectivity index (χ0n) is 26.3. The van der Waals surface area contributed by atoms with E-state index in [9.17, 15) is 1.37 Å². The van der Waals surface area contributed by atoms with E-state index in [2.05, 4.69) is 16.7 Å². The number of fused-ring (bicyclic) bond motifs is 5. The number of hydrogen-bond acceptors (Lipinski definition) is 1. The second-order valence-electron chi connectivity index (χ2n) is 9.31. The van der Waals surface area contributed by atoms with Crippen molar-refractivity contribution in [1.82, 2.24) is 4.57 Å². The molecule has 2 nitrogen and oxygen atoms in total. The van der Waals surface area contributed by atoms with Crippen LogP contribution < -0.4 is 4.74 Å². The topological polar surface area (TPSA) is 14.2 Å². The van der Waals surface area contributed by atoms with Crippen LogP contribution in [-0.2, 0) is 5.41 Å². The Hall–Kier alpha value is -4.30. The van der Waals surface area contributed by atoms with Crippen molar-refractivity contribution in [3.63, 3.8) is 0 Å². The van der Waals surface area contributed by atoms with Crippen LogP contribution in [-0.4, -0.2) is 4.57 Å². The molecule has 1 aliphatic heterocycles. The Kier molecular flexibility index (Phi) is 2.98. The van der Waals surface area contributed by atoms with Crippen molar-refractivity contribution >= 4 is 21.8 Å². The van der Waals surface area contributed by atoms with E-state index in [0.29, 0.717) is 11.1 Å². The molecule has 0 radical (unpaired) electrons. The Balaban J connectivity index is 1.52. The average molecular weight is 459 g/mol. The Morgan fingerprint density at radius 1 is 0.686 bits per heavy atom. The molecule has 0 saturated heterocycles. The quantitative estimate of drug-likeness (QED) is 0.253. The van der Waals surface area contributed by atoms with Gasteiger partial charge in [-0.15, -0.1) is 0 Å². The van der Waals surface area contributed by atoms with Crippen LogP contribution in [0.15, 0.2) is 115 Å². The zero-order chi connectivity index (χ0) is 29.7. The predicted molar refractivity (Wildman–Crippen MR) is 145 cm³/mol. The molecular weight excluding hydrogens is 426 g/mol. The van der Waals surface area contributed by atoms with Crippen LogP contribution in [0, 0.1) is 0 Å². The lowest BCUT2D eigenvalue weighted by molar-refractivity contribution is 0.418. The van der Waals surface area contributed by atoms with Crippen LogP contribution in [0.25, 0.3) is 38.6 Å². The third-order valence-corrected chi connectivity index (χ3v) is 6.86. The van der Waals surface area contributed by atoms with E-state index in [-0.39, 0.29) is 58.9 Å². The lowest BCUT2D eigenvalue weighted by Gasteiger charge is -2.34. The van der Waals surface area contributed by atoms with Crippen LogP contribution in [0.1, 0.15) is 34.6 Å². The van der Waals surface area contributed by atoms with Crippen molar-refractivity contribution in [1.29, 1.82) is 0 Å². The van der Waals surface area contributed by atoms with Crippen molar-refractivity contribution in [2.75, 3.05) is 0 Å². The first kappa shape index (κ1) is 14.2. The molecule has 0 amide bonds. The van der Waals surface area contributed by atoms with Crippen LogP contribution >= 0.6 is 0 Å². The van der Waals surface area contributed by atoms with Gasteiger partial charge in [0.25, 0.3) is 0 Å². The van der Waals surface area contributed by atoms with Gasteiger partial charge in [-0.25, -0.2) is 0 Å². The van der Waals surface area contributed by atoms with Gasteiger partial charge < -0.3 is 9.30 Å². The van der Waals surface area contributed by atoms with Crippen LogP contribution in [0.5, 0.6) is 11.5 Å². The Labute approximate surface area is 214 Å². The van der Waals surface area contributed by atoms with Gasteiger partial charge in [0.1, 0.15) is 11.5 Å². The summed E-state index contributed by atoms with van der Waals surface area (Å²) in [5, 5.41) is 2.10. The maximum Gasteiger partial charge on any atom is 0.131 e. The summed E-state index contributed by atoms with van der Waals surface area (Å²) < 4.78 is 68.8. The van der Waals surface area contributed by atoms with E-state index in [0.717, 1.165) is 27.5 Å². The molecule has 7 rings (SSSR count). The van der Waals surface area contributed by atoms with Crippen molar-refractivity contribution in [3.8, 4) is 28.3 Å². The lowest BCUT2D eigenvalue weighted by atomic mass is 9.75. The molecule has 1 aromatic heterocycles. The number of aromatic nitrogens is 1. The second kappa shape index (κ2) is 7.35. The summed E-state index contributed by atoms with van der Waals surface area (Å²) in [6.45, 7) is 3.55. The monoisotopic (exact) mass is 458 g/mol. The lowest BCUT2D eigenvalue weighted by Crippen LogP contribution is -2.24. The largest absolute Gasteiger partial charge is 0.457 e. The normalized spacial score (nSPS) is 16.7. The molecule has 2 heterocycles. The average Bonchev–Trinajstić information content (AvgIpc) is 3.31. The van der Waals surface area contributed by atoms with Gasteiger partial charge in [0.05, 0.1) is 20.6 Å². The number of nitrogens with zero attached hydrogens (tertiary/aromatic N) is 1. The van der Waals surface area contributed by atoms with Gasteiger partial charge in [-0.3, -0.25) is 0 Å². The molecule has 0 atom stereocenters. The maximum atomic E-state index is 9.37. The summed E-state index contributed by atoms with van der Waals surface area (Å²) in [5.41, 5.74) is 3.23. The summed E-state index contributed by atoms with van der Waals surface area (Å²) >= 11 is 0. The highest BCUT2D eigenvalue weighted by molar-refractivity contribution is 6.10. The van der Waals surface area contributed by atoms with Crippen LogP contribution in [0.2, 0.25) is 0 Å². The third-order valence-electron chi connectivity index (χ3n) is 6.86. The Bertz CT molecular complexity index is 2120. The summed E-state index contributed by atoms with van der Waals surface area (Å²) in [6.07, 6.45) is 0. The molecule has 0 saturated carbocycles. The van der Waals surface area contributed by atoms with Crippen molar-refractivity contribution < 1.29 is 14.3 Å². The standard InChI is InChI=1S/C33H25NO/c1-33(2)27-13-7-9-15-31(27)35-32-19-17-22(20-28(32)33)23-16-18-26-25-12-6-8-14-29(25)34(30(26)21-23)24-10-4-3-5-11-24/h3-21H,1-2H3/i7D,9D,13D,15D,17D,19D,20D. The SMILES string of the molecule is [2H]c1c([2H])c([2H])c2c(c1[2H])Oc1c([2H])c([2H])c(-c3ccc4c5ccccc5n(-c5ccccc5)c4c3)c([2H])c1C2(C)C. The molecule has 35 heavy (non-hydrogen) atoms. The molecule has 6 aromatic rings. The van der Waals surface area contributed by atoms with Gasteiger partial charge in [-0.05, 0) is 53.5 Å². The van der Waals surface area contributed by atoms with Crippen molar-refractivity contribution in [3.05, 3.63) is 126 Å². The highest BCUT2D eigenvalue weighted by Crippen LogP contribution is 2.48. The number of benzene rings is 5. The highest BCUT2D eigenvalue weighted by Gasteiger charge is 2.34. The number of hydrogen-bond donors (Lipinski definition) is 0. The summed E-state index contributed by atoms with van der Waals surface area (Å²) in [6, 6.07) is 22.1. The zero-order valence-corrected chi connectivity index (χ0v) is 19.3. The smallest absolute Gasteiger partial charge is 0.131 e. The molecular formula is C33H25NO. The van der Waals surface area contributed by atoms with Crippen LogP contribution in [0.4, 0.5) is 0 Å². The molecule has 168 valence electrons. The molecule has 0 unspecified atom stereocenters. The minimum absolute atomic E-state index is 0.00390. The van der Waals surface area contributed by atoms with Gasteiger partial charge in [0.15, 0.2) is 0 Å². The molecule has 5 aromatic carbocycles. The maximum absolute atomic E-state index is 9.37. The molecule has 2 heteroatoms. The number of para-hydroxylation sites is 3. The van der Waals surface area contributed by atoms with Gasteiger partial charge in [0.2, 0.25) is 0 Å². The molecule has 1 aliphatic rings. The van der Waals surface area contributed by atoms with E-state index in [1.807, 2.05) is 60.7 Å². The minimum Gasteiger partial charge on any atom is -0.457 e. The highest BCUT2D eigenvalue weighted by atomic mass is 16.5. The fourth-order valence-electron chi connectivity index (χ4n) is 5.08. The van der Waals surface area contributed by atoms with Gasteiger partial charge >= 0.3 is 0 Å².